The number of methoxy groups -OCH3 is 2. The highest BCUT2D eigenvalue weighted by atomic mass is 16.7. The summed E-state index contributed by atoms with van der Waals surface area (Å²) in [6.07, 6.45) is 4.70. The summed E-state index contributed by atoms with van der Waals surface area (Å²) in [6, 6.07) is 10.3. The molecule has 0 aliphatic heterocycles. The van der Waals surface area contributed by atoms with Crippen molar-refractivity contribution in [3.63, 3.8) is 0 Å². The van der Waals surface area contributed by atoms with Gasteiger partial charge in [-0.05, 0) is 18.9 Å². The summed E-state index contributed by atoms with van der Waals surface area (Å²) in [7, 11) is 3.33. The van der Waals surface area contributed by atoms with Crippen molar-refractivity contribution in [3.8, 4) is 0 Å². The van der Waals surface area contributed by atoms with Gasteiger partial charge in [0.1, 0.15) is 5.78 Å². The molecule has 3 nitrogen and oxygen atoms in total. The van der Waals surface area contributed by atoms with E-state index in [9.17, 15) is 4.79 Å². The Kier molecular flexibility index (Phi) is 5.32. The quantitative estimate of drug-likeness (QED) is 0.614. The molecular formula is C18H24O3. The molecule has 114 valence electrons. The van der Waals surface area contributed by atoms with Gasteiger partial charge >= 0.3 is 0 Å². The van der Waals surface area contributed by atoms with Gasteiger partial charge in [-0.1, -0.05) is 42.0 Å². The van der Waals surface area contributed by atoms with E-state index in [0.29, 0.717) is 19.3 Å². The fourth-order valence-electron chi connectivity index (χ4n) is 3.09. The SMILES string of the molecule is COC1(OC)CCC(=O)CC1/C(C)=C/Cc1ccccc1. The third-order valence-corrected chi connectivity index (χ3v) is 4.46. The van der Waals surface area contributed by atoms with E-state index in [2.05, 4.69) is 25.1 Å². The van der Waals surface area contributed by atoms with Gasteiger partial charge in [-0.2, -0.15) is 0 Å². The summed E-state index contributed by atoms with van der Waals surface area (Å²) in [5.41, 5.74) is 2.43. The maximum absolute atomic E-state index is 11.8. The largest absolute Gasteiger partial charge is 0.353 e. The number of hydrogen-bond donors (Lipinski definition) is 0. The van der Waals surface area contributed by atoms with Crippen molar-refractivity contribution in [2.24, 2.45) is 5.92 Å². The lowest BCUT2D eigenvalue weighted by Gasteiger charge is -2.41. The maximum Gasteiger partial charge on any atom is 0.174 e. The predicted molar refractivity (Wildman–Crippen MR) is 83.0 cm³/mol. The fraction of sp³-hybridized carbons (Fsp3) is 0.500. The van der Waals surface area contributed by atoms with Crippen molar-refractivity contribution in [1.29, 1.82) is 0 Å². The summed E-state index contributed by atoms with van der Waals surface area (Å²) >= 11 is 0. The van der Waals surface area contributed by atoms with Crippen LogP contribution in [0.15, 0.2) is 42.0 Å². The third-order valence-electron chi connectivity index (χ3n) is 4.46. The van der Waals surface area contributed by atoms with Crippen molar-refractivity contribution in [2.75, 3.05) is 14.2 Å². The monoisotopic (exact) mass is 288 g/mol. The molecule has 0 N–H and O–H groups in total. The van der Waals surface area contributed by atoms with Gasteiger partial charge in [0, 0.05) is 39.4 Å². The van der Waals surface area contributed by atoms with Crippen molar-refractivity contribution in [2.45, 2.75) is 38.4 Å². The molecule has 0 spiro atoms. The first-order valence-corrected chi connectivity index (χ1v) is 7.44. The van der Waals surface area contributed by atoms with Crippen molar-refractivity contribution < 1.29 is 14.3 Å². The molecule has 0 heterocycles. The maximum atomic E-state index is 11.8. The first-order valence-electron chi connectivity index (χ1n) is 7.44. The topological polar surface area (TPSA) is 35.5 Å². The first kappa shape index (κ1) is 15.9. The minimum atomic E-state index is -0.662. The molecule has 1 unspecified atom stereocenters. The smallest absolute Gasteiger partial charge is 0.174 e. The molecule has 2 rings (SSSR count). The van der Waals surface area contributed by atoms with E-state index in [1.54, 1.807) is 14.2 Å². The van der Waals surface area contributed by atoms with Crippen LogP contribution in [0.2, 0.25) is 0 Å². The first-order chi connectivity index (χ1) is 10.1. The van der Waals surface area contributed by atoms with E-state index in [-0.39, 0.29) is 11.7 Å². The van der Waals surface area contributed by atoms with E-state index in [1.807, 2.05) is 18.2 Å². The number of ether oxygens (including phenoxy) is 2. The Morgan fingerprint density at radius 3 is 2.57 bits per heavy atom. The van der Waals surface area contributed by atoms with Gasteiger partial charge < -0.3 is 9.47 Å². The number of benzene rings is 1. The zero-order valence-corrected chi connectivity index (χ0v) is 13.1. The zero-order valence-electron chi connectivity index (χ0n) is 13.1. The highest BCUT2D eigenvalue weighted by Crippen LogP contribution is 2.39. The van der Waals surface area contributed by atoms with Crippen LogP contribution in [0.4, 0.5) is 0 Å². The summed E-state index contributed by atoms with van der Waals surface area (Å²) < 4.78 is 11.3. The molecule has 1 saturated carbocycles. The molecule has 1 fully saturated rings. The molecular weight excluding hydrogens is 264 g/mol. The molecule has 0 radical (unpaired) electrons. The molecule has 1 aromatic rings. The van der Waals surface area contributed by atoms with E-state index in [1.165, 1.54) is 5.56 Å². The van der Waals surface area contributed by atoms with Gasteiger partial charge in [-0.3, -0.25) is 4.79 Å². The second kappa shape index (κ2) is 7.01. The number of rotatable bonds is 5. The molecule has 3 heteroatoms. The zero-order chi connectivity index (χ0) is 15.3. The highest BCUT2D eigenvalue weighted by molar-refractivity contribution is 5.80. The minimum absolute atomic E-state index is 0.00235. The molecule has 0 aromatic heterocycles. The second-order valence-corrected chi connectivity index (χ2v) is 5.65. The van der Waals surface area contributed by atoms with Crippen LogP contribution in [-0.2, 0) is 20.7 Å². The average molecular weight is 288 g/mol. The van der Waals surface area contributed by atoms with Crippen LogP contribution in [0.3, 0.4) is 0 Å². The summed E-state index contributed by atoms with van der Waals surface area (Å²) in [5.74, 6) is -0.375. The Morgan fingerprint density at radius 2 is 1.95 bits per heavy atom. The van der Waals surface area contributed by atoms with Crippen LogP contribution >= 0.6 is 0 Å². The van der Waals surface area contributed by atoms with Crippen molar-refractivity contribution in [1.82, 2.24) is 0 Å². The van der Waals surface area contributed by atoms with E-state index >= 15 is 0 Å². The highest BCUT2D eigenvalue weighted by Gasteiger charge is 2.44. The number of Topliss-reactive ketones (excluding diaryl/α,β-unsaturated/α-hetero) is 1. The van der Waals surface area contributed by atoms with Crippen LogP contribution in [-0.4, -0.2) is 25.8 Å². The molecule has 0 bridgehead atoms. The lowest BCUT2D eigenvalue weighted by Crippen LogP contribution is -2.47. The summed E-state index contributed by atoms with van der Waals surface area (Å²) in [4.78, 5) is 11.8. The fourth-order valence-corrected chi connectivity index (χ4v) is 3.09. The van der Waals surface area contributed by atoms with Gasteiger partial charge in [0.2, 0.25) is 0 Å². The van der Waals surface area contributed by atoms with Gasteiger partial charge in [0.15, 0.2) is 5.79 Å². The molecule has 1 atom stereocenters. The Morgan fingerprint density at radius 1 is 1.29 bits per heavy atom. The number of carbonyl (C=O) groups excluding carboxylic acids is 1. The number of hydrogen-bond acceptors (Lipinski definition) is 3. The van der Waals surface area contributed by atoms with E-state index in [4.69, 9.17) is 9.47 Å². The van der Waals surface area contributed by atoms with Gasteiger partial charge in [-0.25, -0.2) is 0 Å². The van der Waals surface area contributed by atoms with Crippen LogP contribution in [0.1, 0.15) is 31.7 Å². The summed E-state index contributed by atoms with van der Waals surface area (Å²) in [6.45, 7) is 2.07. The third kappa shape index (κ3) is 3.60. The lowest BCUT2D eigenvalue weighted by atomic mass is 9.77. The second-order valence-electron chi connectivity index (χ2n) is 5.65. The Labute approximate surface area is 127 Å². The standard InChI is InChI=1S/C18H24O3/c1-14(9-10-15-7-5-4-6-8-15)17-13-16(19)11-12-18(17,20-2)21-3/h4-9,17H,10-13H2,1-3H3/b14-9+. The number of carbonyl (C=O) groups is 1. The average Bonchev–Trinajstić information content (AvgIpc) is 2.54. The van der Waals surface area contributed by atoms with Crippen molar-refractivity contribution >= 4 is 5.78 Å². The Bertz CT molecular complexity index is 500. The Hall–Kier alpha value is -1.45. The van der Waals surface area contributed by atoms with Crippen LogP contribution in [0.25, 0.3) is 0 Å². The molecule has 0 amide bonds. The molecule has 1 aliphatic rings. The van der Waals surface area contributed by atoms with Crippen LogP contribution in [0, 0.1) is 5.92 Å². The number of allylic oxidation sites excluding steroid dienone is 1. The molecule has 1 aromatic carbocycles. The number of ketones is 1. The van der Waals surface area contributed by atoms with Gasteiger partial charge in [0.05, 0.1) is 0 Å². The molecule has 21 heavy (non-hydrogen) atoms. The predicted octanol–water partition coefficient (Wildman–Crippen LogP) is 3.53. The van der Waals surface area contributed by atoms with Gasteiger partial charge in [-0.15, -0.1) is 0 Å². The van der Waals surface area contributed by atoms with Crippen LogP contribution < -0.4 is 0 Å². The van der Waals surface area contributed by atoms with Crippen LogP contribution in [0.5, 0.6) is 0 Å². The van der Waals surface area contributed by atoms with E-state index < -0.39 is 5.79 Å². The minimum Gasteiger partial charge on any atom is -0.353 e. The molecule has 0 saturated heterocycles. The van der Waals surface area contributed by atoms with Gasteiger partial charge in [0.25, 0.3) is 0 Å². The normalized spacial score (nSPS) is 22.3. The molecule has 1 aliphatic carbocycles. The Balaban J connectivity index is 2.17. The van der Waals surface area contributed by atoms with E-state index in [0.717, 1.165) is 12.0 Å². The van der Waals surface area contributed by atoms with Crippen molar-refractivity contribution in [3.05, 3.63) is 47.5 Å². The summed E-state index contributed by atoms with van der Waals surface area (Å²) in [5, 5.41) is 0. The lowest BCUT2D eigenvalue weighted by molar-refractivity contribution is -0.243.